The van der Waals surface area contributed by atoms with Gasteiger partial charge in [0.1, 0.15) is 0 Å². The number of hydrogen-bond acceptors (Lipinski definition) is 4. The van der Waals surface area contributed by atoms with E-state index in [0.717, 1.165) is 48.8 Å². The Labute approximate surface area is 161 Å². The summed E-state index contributed by atoms with van der Waals surface area (Å²) in [7, 11) is 0. The molecule has 0 unspecified atom stereocenters. The largest absolute Gasteiger partial charge is 0.372 e. The zero-order valence-electron chi connectivity index (χ0n) is 16.3. The molecule has 0 radical (unpaired) electrons. The Balaban J connectivity index is 1.79. The van der Waals surface area contributed by atoms with Gasteiger partial charge in [-0.25, -0.2) is 4.68 Å². The van der Waals surface area contributed by atoms with Crippen molar-refractivity contribution in [2.24, 2.45) is 10.2 Å². The molecule has 5 nitrogen and oxygen atoms in total. The fraction of sp³-hybridized carbons (Fsp3) is 0.318. The van der Waals surface area contributed by atoms with E-state index in [1.165, 1.54) is 5.69 Å². The third kappa shape index (κ3) is 4.82. The van der Waals surface area contributed by atoms with E-state index < -0.39 is 0 Å². The van der Waals surface area contributed by atoms with Crippen molar-refractivity contribution in [2.45, 2.75) is 33.6 Å². The van der Waals surface area contributed by atoms with Crippen LogP contribution in [0.5, 0.6) is 0 Å². The summed E-state index contributed by atoms with van der Waals surface area (Å²) in [5, 5.41) is 13.4. The lowest BCUT2D eigenvalue weighted by Crippen LogP contribution is -2.24. The predicted octanol–water partition coefficient (Wildman–Crippen LogP) is 6.22. The quantitative estimate of drug-likeness (QED) is 0.447. The van der Waals surface area contributed by atoms with Crippen molar-refractivity contribution >= 4 is 17.2 Å². The Kier molecular flexibility index (Phi) is 6.36. The average Bonchev–Trinajstić information content (AvgIpc) is 3.08. The van der Waals surface area contributed by atoms with Crippen LogP contribution in [0.25, 0.3) is 5.69 Å². The lowest BCUT2D eigenvalue weighted by molar-refractivity contribution is 0.745. The second-order valence-corrected chi connectivity index (χ2v) is 6.59. The van der Waals surface area contributed by atoms with Crippen LogP contribution in [0.2, 0.25) is 0 Å². The van der Waals surface area contributed by atoms with Crippen LogP contribution in [0.1, 0.15) is 32.4 Å². The maximum absolute atomic E-state index is 4.53. The maximum atomic E-state index is 4.53. The van der Waals surface area contributed by atoms with E-state index in [4.69, 9.17) is 0 Å². The van der Waals surface area contributed by atoms with Crippen LogP contribution in [-0.2, 0) is 0 Å². The third-order valence-corrected chi connectivity index (χ3v) is 4.28. The molecule has 5 heteroatoms. The van der Waals surface area contributed by atoms with E-state index in [1.807, 2.05) is 60.1 Å². The number of rotatable bonds is 8. The molecule has 140 valence electrons. The monoisotopic (exact) mass is 361 g/mol. The normalized spacial score (nSPS) is 11.2. The maximum Gasteiger partial charge on any atom is 0.178 e. The summed E-state index contributed by atoms with van der Waals surface area (Å²) >= 11 is 0. The molecule has 0 fully saturated rings. The van der Waals surface area contributed by atoms with Gasteiger partial charge in [0.2, 0.25) is 0 Å². The van der Waals surface area contributed by atoms with Gasteiger partial charge in [-0.3, -0.25) is 0 Å². The Morgan fingerprint density at radius 1 is 0.889 bits per heavy atom. The van der Waals surface area contributed by atoms with Crippen molar-refractivity contribution in [2.75, 3.05) is 18.0 Å². The Hall–Kier alpha value is -2.95. The molecule has 3 rings (SSSR count). The SMILES string of the molecule is CCCN(CCC)c1ccc(N=Nc2cc(C)nn2-c2ccccc2)cc1. The highest BCUT2D eigenvalue weighted by Gasteiger charge is 2.07. The van der Waals surface area contributed by atoms with Crippen molar-refractivity contribution in [1.82, 2.24) is 9.78 Å². The predicted molar refractivity (Wildman–Crippen MR) is 112 cm³/mol. The van der Waals surface area contributed by atoms with Crippen molar-refractivity contribution in [3.63, 3.8) is 0 Å². The number of hydrogen-bond donors (Lipinski definition) is 0. The molecule has 1 aromatic heterocycles. The minimum Gasteiger partial charge on any atom is -0.372 e. The topological polar surface area (TPSA) is 45.8 Å². The molecular formula is C22H27N5. The smallest absolute Gasteiger partial charge is 0.178 e. The first kappa shape index (κ1) is 18.8. The van der Waals surface area contributed by atoms with Crippen molar-refractivity contribution < 1.29 is 0 Å². The summed E-state index contributed by atoms with van der Waals surface area (Å²) < 4.78 is 1.82. The second kappa shape index (κ2) is 9.12. The standard InChI is InChI=1S/C22H27N5/c1-4-15-26(16-5-2)20-13-11-19(12-14-20)23-24-22-17-18(3)25-27(22)21-9-7-6-8-10-21/h6-14,17H,4-5,15-16H2,1-3H3. The number of azo groups is 1. The third-order valence-electron chi connectivity index (χ3n) is 4.28. The summed E-state index contributed by atoms with van der Waals surface area (Å²) in [5.41, 5.74) is 3.97. The minimum atomic E-state index is 0.723. The molecule has 1 heterocycles. The number of anilines is 1. The molecule has 0 saturated heterocycles. The van der Waals surface area contributed by atoms with Gasteiger partial charge in [0, 0.05) is 24.8 Å². The van der Waals surface area contributed by atoms with Gasteiger partial charge in [0.25, 0.3) is 0 Å². The fourth-order valence-corrected chi connectivity index (χ4v) is 3.07. The van der Waals surface area contributed by atoms with Crippen molar-refractivity contribution in [1.29, 1.82) is 0 Å². The van der Waals surface area contributed by atoms with Gasteiger partial charge in [-0.05, 0) is 56.2 Å². The van der Waals surface area contributed by atoms with Gasteiger partial charge in [-0.15, -0.1) is 10.2 Å². The minimum absolute atomic E-state index is 0.723. The summed E-state index contributed by atoms with van der Waals surface area (Å²) in [6, 6.07) is 20.2. The summed E-state index contributed by atoms with van der Waals surface area (Å²) in [4.78, 5) is 2.41. The molecule has 0 saturated carbocycles. The van der Waals surface area contributed by atoms with E-state index in [2.05, 4.69) is 46.2 Å². The van der Waals surface area contributed by atoms with Gasteiger partial charge in [0.05, 0.1) is 17.1 Å². The van der Waals surface area contributed by atoms with Gasteiger partial charge >= 0.3 is 0 Å². The number of benzene rings is 2. The number of aromatic nitrogens is 2. The van der Waals surface area contributed by atoms with Crippen LogP contribution in [0.4, 0.5) is 17.2 Å². The zero-order valence-corrected chi connectivity index (χ0v) is 16.3. The number of nitrogens with zero attached hydrogens (tertiary/aromatic N) is 5. The first-order valence-corrected chi connectivity index (χ1v) is 9.60. The molecule has 0 aliphatic rings. The highest BCUT2D eigenvalue weighted by molar-refractivity contribution is 5.53. The Morgan fingerprint density at radius 3 is 2.19 bits per heavy atom. The van der Waals surface area contributed by atoms with Gasteiger partial charge in [-0.1, -0.05) is 32.0 Å². The molecule has 2 aromatic carbocycles. The van der Waals surface area contributed by atoms with Crippen LogP contribution < -0.4 is 4.90 Å². The van der Waals surface area contributed by atoms with Gasteiger partial charge in [-0.2, -0.15) is 5.10 Å². The van der Waals surface area contributed by atoms with E-state index in [1.54, 1.807) is 0 Å². The Bertz CT molecular complexity index is 859. The molecule has 0 aliphatic heterocycles. The lowest BCUT2D eigenvalue weighted by Gasteiger charge is -2.23. The van der Waals surface area contributed by atoms with E-state index in [-0.39, 0.29) is 0 Å². The number of para-hydroxylation sites is 1. The summed E-state index contributed by atoms with van der Waals surface area (Å²) in [5.74, 6) is 0.723. The van der Waals surface area contributed by atoms with Crippen molar-refractivity contribution in [3.8, 4) is 5.69 Å². The molecule has 0 N–H and O–H groups in total. The first-order chi connectivity index (χ1) is 13.2. The molecule has 0 spiro atoms. The second-order valence-electron chi connectivity index (χ2n) is 6.59. The Morgan fingerprint density at radius 2 is 1.56 bits per heavy atom. The highest BCUT2D eigenvalue weighted by Crippen LogP contribution is 2.24. The van der Waals surface area contributed by atoms with Crippen LogP contribution in [-0.4, -0.2) is 22.9 Å². The van der Waals surface area contributed by atoms with Crippen LogP contribution in [0.15, 0.2) is 70.9 Å². The van der Waals surface area contributed by atoms with Crippen LogP contribution in [0.3, 0.4) is 0 Å². The molecular weight excluding hydrogens is 334 g/mol. The lowest BCUT2D eigenvalue weighted by atomic mass is 10.2. The molecule has 27 heavy (non-hydrogen) atoms. The van der Waals surface area contributed by atoms with Gasteiger partial charge < -0.3 is 4.90 Å². The first-order valence-electron chi connectivity index (χ1n) is 9.60. The van der Waals surface area contributed by atoms with E-state index >= 15 is 0 Å². The van der Waals surface area contributed by atoms with Crippen LogP contribution in [0, 0.1) is 6.92 Å². The fourth-order valence-electron chi connectivity index (χ4n) is 3.07. The van der Waals surface area contributed by atoms with E-state index in [9.17, 15) is 0 Å². The van der Waals surface area contributed by atoms with E-state index in [0.29, 0.717) is 0 Å². The highest BCUT2D eigenvalue weighted by atomic mass is 15.3. The summed E-state index contributed by atoms with van der Waals surface area (Å²) in [6.07, 6.45) is 2.29. The molecule has 0 aliphatic carbocycles. The zero-order chi connectivity index (χ0) is 19.1. The summed E-state index contributed by atoms with van der Waals surface area (Å²) in [6.45, 7) is 8.53. The molecule has 0 bridgehead atoms. The van der Waals surface area contributed by atoms with Crippen molar-refractivity contribution in [3.05, 3.63) is 66.4 Å². The molecule has 0 amide bonds. The average molecular weight is 361 g/mol. The van der Waals surface area contributed by atoms with Gasteiger partial charge in [0.15, 0.2) is 5.82 Å². The van der Waals surface area contributed by atoms with Crippen LogP contribution >= 0.6 is 0 Å². The number of aryl methyl sites for hydroxylation is 1. The molecule has 0 atom stereocenters. The molecule has 3 aromatic rings.